The first-order valence-electron chi connectivity index (χ1n) is 11.9. The Hall–Kier alpha value is -3.29. The zero-order valence-corrected chi connectivity index (χ0v) is 19.2. The SMILES string of the molecule is Cc1ccc(C(=O)N2CCCC3(C2)C(=NC2CCCC2)NC(=O)N3c2cc(F)cc(F)c2)cc1. The van der Waals surface area contributed by atoms with E-state index >= 15 is 0 Å². The molecule has 1 spiro atoms. The summed E-state index contributed by atoms with van der Waals surface area (Å²) < 4.78 is 28.3. The van der Waals surface area contributed by atoms with E-state index in [1.165, 1.54) is 4.90 Å². The quantitative estimate of drug-likeness (QED) is 0.705. The van der Waals surface area contributed by atoms with Crippen LogP contribution < -0.4 is 10.2 Å². The van der Waals surface area contributed by atoms with Crippen molar-refractivity contribution in [2.45, 2.75) is 57.0 Å². The first-order valence-corrected chi connectivity index (χ1v) is 11.9. The Balaban J connectivity index is 1.56. The Bertz CT molecular complexity index is 1120. The minimum atomic E-state index is -1.00. The van der Waals surface area contributed by atoms with Crippen LogP contribution in [0.3, 0.4) is 0 Å². The number of anilines is 1. The van der Waals surface area contributed by atoms with Crippen molar-refractivity contribution in [3.63, 3.8) is 0 Å². The van der Waals surface area contributed by atoms with Crippen LogP contribution in [0.5, 0.6) is 0 Å². The summed E-state index contributed by atoms with van der Waals surface area (Å²) in [5.41, 5.74) is 0.745. The maximum atomic E-state index is 14.2. The second-order valence-corrected chi connectivity index (χ2v) is 9.54. The van der Waals surface area contributed by atoms with E-state index in [2.05, 4.69) is 5.32 Å². The average molecular weight is 467 g/mol. The van der Waals surface area contributed by atoms with Crippen LogP contribution in [0.2, 0.25) is 0 Å². The number of benzene rings is 2. The van der Waals surface area contributed by atoms with Gasteiger partial charge in [0.25, 0.3) is 5.91 Å². The van der Waals surface area contributed by atoms with Crippen LogP contribution in [0.25, 0.3) is 0 Å². The first-order chi connectivity index (χ1) is 16.4. The molecule has 0 bridgehead atoms. The summed E-state index contributed by atoms with van der Waals surface area (Å²) in [4.78, 5) is 34.6. The summed E-state index contributed by atoms with van der Waals surface area (Å²) >= 11 is 0. The zero-order valence-electron chi connectivity index (χ0n) is 19.2. The molecule has 5 rings (SSSR count). The molecule has 1 N–H and O–H groups in total. The predicted octanol–water partition coefficient (Wildman–Crippen LogP) is 4.82. The van der Waals surface area contributed by atoms with Crippen molar-refractivity contribution < 1.29 is 18.4 Å². The zero-order chi connectivity index (χ0) is 23.9. The smallest absolute Gasteiger partial charge is 0.328 e. The molecule has 3 fully saturated rings. The minimum Gasteiger partial charge on any atom is -0.336 e. The predicted molar refractivity (Wildman–Crippen MR) is 126 cm³/mol. The number of halogens is 2. The van der Waals surface area contributed by atoms with Crippen LogP contribution in [0.1, 0.15) is 54.4 Å². The fourth-order valence-corrected chi connectivity index (χ4v) is 5.44. The van der Waals surface area contributed by atoms with E-state index in [1.54, 1.807) is 17.0 Å². The van der Waals surface area contributed by atoms with Crippen molar-refractivity contribution in [1.29, 1.82) is 0 Å². The molecule has 6 nitrogen and oxygen atoms in total. The molecule has 0 radical (unpaired) electrons. The van der Waals surface area contributed by atoms with Gasteiger partial charge in [-0.2, -0.15) is 0 Å². The van der Waals surface area contributed by atoms with E-state index in [4.69, 9.17) is 4.99 Å². The van der Waals surface area contributed by atoms with Crippen LogP contribution in [0, 0.1) is 18.6 Å². The van der Waals surface area contributed by atoms with Gasteiger partial charge in [0.15, 0.2) is 0 Å². The Morgan fingerprint density at radius 3 is 2.41 bits per heavy atom. The van der Waals surface area contributed by atoms with Gasteiger partial charge >= 0.3 is 6.03 Å². The molecule has 34 heavy (non-hydrogen) atoms. The largest absolute Gasteiger partial charge is 0.336 e. The number of aliphatic imine (C=N–C) groups is 1. The lowest BCUT2D eigenvalue weighted by Gasteiger charge is -2.44. The summed E-state index contributed by atoms with van der Waals surface area (Å²) in [5, 5.41) is 2.89. The van der Waals surface area contributed by atoms with Gasteiger partial charge < -0.3 is 4.90 Å². The fraction of sp³-hybridized carbons (Fsp3) is 0.423. The molecule has 3 aliphatic rings. The lowest BCUT2D eigenvalue weighted by atomic mass is 9.86. The molecule has 2 aromatic rings. The third-order valence-corrected chi connectivity index (χ3v) is 7.10. The molecule has 2 saturated heterocycles. The van der Waals surface area contributed by atoms with Crippen molar-refractivity contribution >= 4 is 23.5 Å². The molecule has 1 unspecified atom stereocenters. The van der Waals surface area contributed by atoms with E-state index in [0.29, 0.717) is 30.8 Å². The molecule has 2 aromatic carbocycles. The second-order valence-electron chi connectivity index (χ2n) is 9.54. The average Bonchev–Trinajstić information content (AvgIpc) is 3.40. The molecule has 178 valence electrons. The molecule has 8 heteroatoms. The van der Waals surface area contributed by atoms with Crippen LogP contribution >= 0.6 is 0 Å². The van der Waals surface area contributed by atoms with E-state index in [9.17, 15) is 18.4 Å². The molecule has 0 aromatic heterocycles. The standard InChI is InChI=1S/C26H28F2N4O2/c1-17-7-9-18(10-8-17)23(33)31-12-4-11-26(16-31)24(29-21-5-2-3-6-21)30-25(34)32(26)22-14-19(27)13-20(28)15-22/h7-10,13-15,21H,2-6,11-12,16H2,1H3,(H,29,30,34). The number of piperidine rings is 1. The molecule has 2 heterocycles. The molecular formula is C26H28F2N4O2. The number of carbonyl (C=O) groups excluding carboxylic acids is 2. The van der Waals surface area contributed by atoms with Gasteiger partial charge in [-0.25, -0.2) is 13.6 Å². The van der Waals surface area contributed by atoms with Crippen LogP contribution in [0.15, 0.2) is 47.5 Å². The van der Waals surface area contributed by atoms with E-state index in [1.807, 2.05) is 19.1 Å². The number of rotatable bonds is 3. The number of amidine groups is 1. The summed E-state index contributed by atoms with van der Waals surface area (Å²) in [6.45, 7) is 2.69. The first kappa shape index (κ1) is 22.5. The van der Waals surface area contributed by atoms with Gasteiger partial charge in [-0.15, -0.1) is 0 Å². The number of nitrogens with zero attached hydrogens (tertiary/aromatic N) is 3. The van der Waals surface area contributed by atoms with Crippen molar-refractivity contribution in [2.75, 3.05) is 18.0 Å². The lowest BCUT2D eigenvalue weighted by molar-refractivity contribution is 0.0686. The van der Waals surface area contributed by atoms with Gasteiger partial charge in [-0.3, -0.25) is 20.0 Å². The van der Waals surface area contributed by atoms with E-state index in [0.717, 1.165) is 49.4 Å². The Labute approximate surface area is 197 Å². The van der Waals surface area contributed by atoms with Crippen LogP contribution in [-0.2, 0) is 0 Å². The van der Waals surface area contributed by atoms with Crippen molar-refractivity contribution in [2.24, 2.45) is 4.99 Å². The molecule has 1 aliphatic carbocycles. The van der Waals surface area contributed by atoms with Gasteiger partial charge in [0.1, 0.15) is 23.0 Å². The number of aryl methyl sites for hydroxylation is 1. The van der Waals surface area contributed by atoms with E-state index in [-0.39, 0.29) is 24.2 Å². The normalized spacial score (nSPS) is 24.3. The number of likely N-dealkylation sites (tertiary alicyclic amines) is 1. The molecule has 3 amide bonds. The van der Waals surface area contributed by atoms with Crippen molar-refractivity contribution in [3.8, 4) is 0 Å². The fourth-order valence-electron chi connectivity index (χ4n) is 5.44. The molecular weight excluding hydrogens is 438 g/mol. The Morgan fingerprint density at radius 1 is 1.06 bits per heavy atom. The van der Waals surface area contributed by atoms with Crippen molar-refractivity contribution in [3.05, 3.63) is 65.2 Å². The van der Waals surface area contributed by atoms with Gasteiger partial charge in [0.05, 0.1) is 18.3 Å². The molecule has 2 aliphatic heterocycles. The second kappa shape index (κ2) is 8.81. The Morgan fingerprint density at radius 2 is 1.74 bits per heavy atom. The Kier molecular flexibility index (Phi) is 5.83. The van der Waals surface area contributed by atoms with Crippen LogP contribution in [0.4, 0.5) is 19.3 Å². The summed E-state index contributed by atoms with van der Waals surface area (Å²) in [6.07, 6.45) is 5.21. The highest BCUT2D eigenvalue weighted by Crippen LogP contribution is 2.38. The third-order valence-electron chi connectivity index (χ3n) is 7.10. The summed E-state index contributed by atoms with van der Waals surface area (Å²) in [7, 11) is 0. The summed E-state index contributed by atoms with van der Waals surface area (Å²) in [5.74, 6) is -1.16. The maximum absolute atomic E-state index is 14.2. The van der Waals surface area contributed by atoms with Gasteiger partial charge in [-0.05, 0) is 56.9 Å². The van der Waals surface area contributed by atoms with E-state index < -0.39 is 23.2 Å². The number of amides is 3. The minimum absolute atomic E-state index is 0.0968. The monoisotopic (exact) mass is 466 g/mol. The van der Waals surface area contributed by atoms with Crippen molar-refractivity contribution in [1.82, 2.24) is 10.2 Å². The molecule has 1 saturated carbocycles. The highest BCUT2D eigenvalue weighted by atomic mass is 19.1. The van der Waals surface area contributed by atoms with Gasteiger partial charge in [0, 0.05) is 18.2 Å². The maximum Gasteiger partial charge on any atom is 0.328 e. The number of hydrogen-bond acceptors (Lipinski definition) is 3. The molecule has 1 atom stereocenters. The highest BCUT2D eigenvalue weighted by Gasteiger charge is 2.54. The number of hydrogen-bond donors (Lipinski definition) is 1. The number of carbonyl (C=O) groups is 2. The highest BCUT2D eigenvalue weighted by molar-refractivity contribution is 6.19. The topological polar surface area (TPSA) is 65.0 Å². The van der Waals surface area contributed by atoms with Gasteiger partial charge in [0.2, 0.25) is 0 Å². The third kappa shape index (κ3) is 4.06. The number of nitrogens with one attached hydrogen (secondary N) is 1. The van der Waals surface area contributed by atoms with Gasteiger partial charge in [-0.1, -0.05) is 30.5 Å². The van der Waals surface area contributed by atoms with Crippen LogP contribution in [-0.4, -0.2) is 47.3 Å². The lowest BCUT2D eigenvalue weighted by Crippen LogP contribution is -2.61. The number of urea groups is 1. The summed E-state index contributed by atoms with van der Waals surface area (Å²) in [6, 6.07) is 10.1.